The third-order valence-electron chi connectivity index (χ3n) is 3.04. The van der Waals surface area contributed by atoms with Crippen molar-refractivity contribution in [3.8, 4) is 0 Å². The van der Waals surface area contributed by atoms with E-state index in [0.29, 0.717) is 19.0 Å². The Morgan fingerprint density at radius 2 is 2.21 bits per heavy atom. The molecule has 1 saturated heterocycles. The van der Waals surface area contributed by atoms with Crippen molar-refractivity contribution in [3.63, 3.8) is 0 Å². The fourth-order valence-electron chi connectivity index (χ4n) is 2.34. The van der Waals surface area contributed by atoms with Crippen LogP contribution in [0.1, 0.15) is 24.2 Å². The smallest absolute Gasteiger partial charge is 0.255 e. The molecule has 0 N–H and O–H groups in total. The zero-order valence-electron chi connectivity index (χ0n) is 11.0. The van der Waals surface area contributed by atoms with Gasteiger partial charge in [0, 0.05) is 16.7 Å². The van der Waals surface area contributed by atoms with Gasteiger partial charge in [-0.2, -0.15) is 0 Å². The fourth-order valence-corrected chi connectivity index (χ4v) is 3.11. The number of amides is 1. The molecule has 2 rings (SSSR count). The van der Waals surface area contributed by atoms with Crippen molar-refractivity contribution >= 4 is 40.1 Å². The first-order valence-electron chi connectivity index (χ1n) is 6.20. The molecule has 0 spiro atoms. The van der Waals surface area contributed by atoms with E-state index in [1.807, 2.05) is 43.0 Å². The number of carbonyl (C=O) groups excluding carboxylic acids is 1. The van der Waals surface area contributed by atoms with Crippen LogP contribution in [0.5, 0.6) is 0 Å². The maximum atomic E-state index is 12.6. The molecule has 0 aromatic heterocycles. The highest BCUT2D eigenvalue weighted by molar-refractivity contribution is 14.1. The van der Waals surface area contributed by atoms with Crippen LogP contribution in [0.2, 0.25) is 0 Å². The van der Waals surface area contributed by atoms with Crippen molar-refractivity contribution in [2.75, 3.05) is 19.0 Å². The standard InChI is InChI=1S/C14H17ClINO2/c1-14(2)9-17(8-10(7-15)19-14)13(18)11-5-3-4-6-12(11)16/h3-6,10H,7-9H2,1-2H3. The second-order valence-corrected chi connectivity index (χ2v) is 6.79. The molecule has 1 aromatic rings. The van der Waals surface area contributed by atoms with Crippen LogP contribution in [0.15, 0.2) is 24.3 Å². The number of carbonyl (C=O) groups is 1. The Hall–Kier alpha value is -0.330. The predicted octanol–water partition coefficient (Wildman–Crippen LogP) is 3.15. The minimum Gasteiger partial charge on any atom is -0.367 e. The Labute approximate surface area is 132 Å². The van der Waals surface area contributed by atoms with Crippen molar-refractivity contribution in [1.29, 1.82) is 0 Å². The molecular weight excluding hydrogens is 377 g/mol. The summed E-state index contributed by atoms with van der Waals surface area (Å²) < 4.78 is 6.81. The van der Waals surface area contributed by atoms with E-state index in [2.05, 4.69) is 22.6 Å². The Morgan fingerprint density at radius 1 is 1.53 bits per heavy atom. The second-order valence-electron chi connectivity index (χ2n) is 5.32. The van der Waals surface area contributed by atoms with Crippen LogP contribution in [-0.4, -0.2) is 41.5 Å². The van der Waals surface area contributed by atoms with Crippen molar-refractivity contribution in [2.24, 2.45) is 0 Å². The van der Waals surface area contributed by atoms with E-state index >= 15 is 0 Å². The van der Waals surface area contributed by atoms with Crippen molar-refractivity contribution in [3.05, 3.63) is 33.4 Å². The van der Waals surface area contributed by atoms with Crippen LogP contribution < -0.4 is 0 Å². The number of hydrogen-bond donors (Lipinski definition) is 0. The highest BCUT2D eigenvalue weighted by atomic mass is 127. The minimum atomic E-state index is -0.353. The van der Waals surface area contributed by atoms with Crippen LogP contribution in [0.25, 0.3) is 0 Å². The number of benzene rings is 1. The van der Waals surface area contributed by atoms with Gasteiger partial charge in [0.1, 0.15) is 0 Å². The number of halogens is 2. The first kappa shape index (κ1) is 15.1. The summed E-state index contributed by atoms with van der Waals surface area (Å²) >= 11 is 8.08. The van der Waals surface area contributed by atoms with Crippen molar-refractivity contribution in [2.45, 2.75) is 25.6 Å². The summed E-state index contributed by atoms with van der Waals surface area (Å²) in [5.41, 5.74) is 0.391. The summed E-state index contributed by atoms with van der Waals surface area (Å²) in [6.07, 6.45) is -0.101. The molecule has 5 heteroatoms. The fraction of sp³-hybridized carbons (Fsp3) is 0.500. The number of morpholine rings is 1. The van der Waals surface area contributed by atoms with Crippen LogP contribution >= 0.6 is 34.2 Å². The zero-order chi connectivity index (χ0) is 14.0. The lowest BCUT2D eigenvalue weighted by atomic mass is 10.0. The second kappa shape index (κ2) is 5.97. The van der Waals surface area contributed by atoms with E-state index in [1.54, 1.807) is 0 Å². The largest absolute Gasteiger partial charge is 0.367 e. The maximum absolute atomic E-state index is 12.6. The molecule has 1 aliphatic rings. The first-order chi connectivity index (χ1) is 8.93. The highest BCUT2D eigenvalue weighted by Crippen LogP contribution is 2.24. The van der Waals surface area contributed by atoms with Gasteiger partial charge in [-0.05, 0) is 48.6 Å². The molecule has 104 valence electrons. The number of rotatable bonds is 2. The van der Waals surface area contributed by atoms with Crippen molar-refractivity contribution < 1.29 is 9.53 Å². The van der Waals surface area contributed by atoms with E-state index in [4.69, 9.17) is 16.3 Å². The van der Waals surface area contributed by atoms with Gasteiger partial charge in [-0.25, -0.2) is 0 Å². The SMILES string of the molecule is CC1(C)CN(C(=O)c2ccccc2I)CC(CCl)O1. The molecule has 0 radical (unpaired) electrons. The van der Waals surface area contributed by atoms with Gasteiger partial charge < -0.3 is 9.64 Å². The highest BCUT2D eigenvalue weighted by Gasteiger charge is 2.35. The molecule has 1 unspecified atom stereocenters. The predicted molar refractivity (Wildman–Crippen MR) is 84.7 cm³/mol. The number of alkyl halides is 1. The Bertz CT molecular complexity index is 478. The molecule has 1 atom stereocenters. The Balaban J connectivity index is 2.21. The van der Waals surface area contributed by atoms with Crippen molar-refractivity contribution in [1.82, 2.24) is 4.90 Å². The lowest BCUT2D eigenvalue weighted by molar-refractivity contribution is -0.117. The summed E-state index contributed by atoms with van der Waals surface area (Å²) in [6.45, 7) is 5.12. The van der Waals surface area contributed by atoms with Gasteiger partial charge in [0.05, 0.1) is 23.1 Å². The first-order valence-corrected chi connectivity index (χ1v) is 7.82. The van der Waals surface area contributed by atoms with Gasteiger partial charge in [0.25, 0.3) is 5.91 Å². The van der Waals surface area contributed by atoms with Crippen LogP contribution in [0, 0.1) is 3.57 Å². The molecule has 1 heterocycles. The summed E-state index contributed by atoms with van der Waals surface area (Å²) in [5.74, 6) is 0.454. The van der Waals surface area contributed by atoms with E-state index in [1.165, 1.54) is 0 Å². The normalized spacial score (nSPS) is 22.3. The molecule has 19 heavy (non-hydrogen) atoms. The average molecular weight is 394 g/mol. The maximum Gasteiger partial charge on any atom is 0.255 e. The van der Waals surface area contributed by atoms with E-state index in [0.717, 1.165) is 9.13 Å². The minimum absolute atomic E-state index is 0.0523. The van der Waals surface area contributed by atoms with Crippen LogP contribution in [0.3, 0.4) is 0 Å². The molecule has 1 aromatic carbocycles. The lowest BCUT2D eigenvalue weighted by Crippen LogP contribution is -2.55. The Morgan fingerprint density at radius 3 is 2.84 bits per heavy atom. The van der Waals surface area contributed by atoms with E-state index in [9.17, 15) is 4.79 Å². The summed E-state index contributed by atoms with van der Waals surface area (Å²) in [7, 11) is 0. The van der Waals surface area contributed by atoms with Crippen LogP contribution in [0.4, 0.5) is 0 Å². The monoisotopic (exact) mass is 393 g/mol. The molecule has 1 aliphatic heterocycles. The van der Waals surface area contributed by atoms with Gasteiger partial charge in [-0.15, -0.1) is 11.6 Å². The number of ether oxygens (including phenoxy) is 1. The van der Waals surface area contributed by atoms with Gasteiger partial charge in [0.15, 0.2) is 0 Å². The van der Waals surface area contributed by atoms with E-state index in [-0.39, 0.29) is 17.6 Å². The molecule has 1 amide bonds. The number of nitrogens with zero attached hydrogens (tertiary/aromatic N) is 1. The third-order valence-corrected chi connectivity index (χ3v) is 4.33. The molecule has 0 aliphatic carbocycles. The molecular formula is C14H17ClINO2. The Kier molecular flexibility index (Phi) is 4.74. The summed E-state index contributed by atoms with van der Waals surface area (Å²) in [6, 6.07) is 7.63. The van der Waals surface area contributed by atoms with Gasteiger partial charge >= 0.3 is 0 Å². The zero-order valence-corrected chi connectivity index (χ0v) is 13.9. The summed E-state index contributed by atoms with van der Waals surface area (Å²) in [4.78, 5) is 14.4. The lowest BCUT2D eigenvalue weighted by Gasteiger charge is -2.42. The van der Waals surface area contributed by atoms with E-state index < -0.39 is 0 Å². The van der Waals surface area contributed by atoms with Crippen LogP contribution in [-0.2, 0) is 4.74 Å². The summed E-state index contributed by atoms with van der Waals surface area (Å²) in [5, 5.41) is 0. The topological polar surface area (TPSA) is 29.5 Å². The average Bonchev–Trinajstić information content (AvgIpc) is 2.36. The van der Waals surface area contributed by atoms with Gasteiger partial charge in [-0.1, -0.05) is 12.1 Å². The molecule has 3 nitrogen and oxygen atoms in total. The quantitative estimate of drug-likeness (QED) is 0.571. The van der Waals surface area contributed by atoms with Gasteiger partial charge in [0.2, 0.25) is 0 Å². The third kappa shape index (κ3) is 3.61. The molecule has 0 bridgehead atoms. The van der Waals surface area contributed by atoms with Gasteiger partial charge in [-0.3, -0.25) is 4.79 Å². The number of hydrogen-bond acceptors (Lipinski definition) is 2. The molecule has 0 saturated carbocycles. The molecule has 1 fully saturated rings.